The fourth-order valence-electron chi connectivity index (χ4n) is 1.43. The molecule has 0 aliphatic carbocycles. The van der Waals surface area contributed by atoms with E-state index in [0.717, 1.165) is 30.3 Å². The summed E-state index contributed by atoms with van der Waals surface area (Å²) in [4.78, 5) is 4.45. The van der Waals surface area contributed by atoms with Gasteiger partial charge in [-0.3, -0.25) is 4.98 Å². The molecule has 15 heavy (non-hydrogen) atoms. The Kier molecular flexibility index (Phi) is 5.62. The molecule has 0 saturated carbocycles. The van der Waals surface area contributed by atoms with Gasteiger partial charge in [0.25, 0.3) is 0 Å². The van der Waals surface area contributed by atoms with E-state index in [1.165, 1.54) is 11.1 Å². The zero-order valence-corrected chi connectivity index (χ0v) is 11.0. The van der Waals surface area contributed by atoms with Crippen LogP contribution in [-0.4, -0.2) is 10.3 Å². The number of halogens is 1. The molecule has 0 radical (unpaired) electrons. The van der Waals surface area contributed by atoms with Gasteiger partial charge in [-0.2, -0.15) is 0 Å². The van der Waals surface area contributed by atoms with Crippen molar-refractivity contribution >= 4 is 15.9 Å². The number of alkyl halides is 1. The molecule has 1 rings (SSSR count). The Bertz CT molecular complexity index is 314. The summed E-state index contributed by atoms with van der Waals surface area (Å²) in [6.45, 7) is 4.32. The predicted molar refractivity (Wildman–Crippen MR) is 69.5 cm³/mol. The van der Waals surface area contributed by atoms with Crippen LogP contribution in [0.25, 0.3) is 0 Å². The SMILES string of the molecule is CCc1ccc(CC(C)=CCCBr)nc1. The van der Waals surface area contributed by atoms with Crippen molar-refractivity contribution in [2.45, 2.75) is 33.1 Å². The number of pyridine rings is 1. The summed E-state index contributed by atoms with van der Waals surface area (Å²) < 4.78 is 0. The summed E-state index contributed by atoms with van der Waals surface area (Å²) in [5.74, 6) is 0. The van der Waals surface area contributed by atoms with Gasteiger partial charge in [0.05, 0.1) is 0 Å². The van der Waals surface area contributed by atoms with Crippen molar-refractivity contribution in [3.05, 3.63) is 41.2 Å². The first-order valence-electron chi connectivity index (χ1n) is 5.41. The van der Waals surface area contributed by atoms with Gasteiger partial charge in [-0.25, -0.2) is 0 Å². The molecule has 0 aliphatic heterocycles. The van der Waals surface area contributed by atoms with E-state index in [-0.39, 0.29) is 0 Å². The molecular weight excluding hydrogens is 250 g/mol. The molecule has 0 bridgehead atoms. The van der Waals surface area contributed by atoms with E-state index in [9.17, 15) is 0 Å². The Morgan fingerprint density at radius 1 is 1.47 bits per heavy atom. The largest absolute Gasteiger partial charge is 0.261 e. The van der Waals surface area contributed by atoms with E-state index in [2.05, 4.69) is 53.0 Å². The van der Waals surface area contributed by atoms with Gasteiger partial charge in [0.2, 0.25) is 0 Å². The summed E-state index contributed by atoms with van der Waals surface area (Å²) in [5.41, 5.74) is 3.86. The van der Waals surface area contributed by atoms with Crippen molar-refractivity contribution in [2.75, 3.05) is 5.33 Å². The van der Waals surface area contributed by atoms with E-state index in [4.69, 9.17) is 0 Å². The summed E-state index contributed by atoms with van der Waals surface area (Å²) >= 11 is 3.42. The molecule has 0 amide bonds. The van der Waals surface area contributed by atoms with E-state index >= 15 is 0 Å². The van der Waals surface area contributed by atoms with Crippen molar-refractivity contribution in [3.63, 3.8) is 0 Å². The maximum atomic E-state index is 4.45. The lowest BCUT2D eigenvalue weighted by Gasteiger charge is -2.02. The van der Waals surface area contributed by atoms with Gasteiger partial charge in [0, 0.05) is 23.6 Å². The van der Waals surface area contributed by atoms with E-state index in [1.807, 2.05) is 6.20 Å². The molecule has 82 valence electrons. The molecular formula is C13H18BrN. The molecule has 1 aromatic rings. The average molecular weight is 268 g/mol. The van der Waals surface area contributed by atoms with E-state index in [1.54, 1.807) is 0 Å². The second-order valence-electron chi connectivity index (χ2n) is 3.72. The highest BCUT2D eigenvalue weighted by Gasteiger charge is 1.96. The van der Waals surface area contributed by atoms with Crippen LogP contribution in [-0.2, 0) is 12.8 Å². The van der Waals surface area contributed by atoms with Gasteiger partial charge in [0.1, 0.15) is 0 Å². The van der Waals surface area contributed by atoms with Crippen molar-refractivity contribution < 1.29 is 0 Å². The zero-order chi connectivity index (χ0) is 11.1. The van der Waals surface area contributed by atoms with Crippen LogP contribution in [0.4, 0.5) is 0 Å². The number of aromatic nitrogens is 1. The van der Waals surface area contributed by atoms with Crippen molar-refractivity contribution in [1.82, 2.24) is 4.98 Å². The molecule has 0 aromatic carbocycles. The lowest BCUT2D eigenvalue weighted by Crippen LogP contribution is -1.92. The lowest BCUT2D eigenvalue weighted by atomic mass is 10.1. The quantitative estimate of drug-likeness (QED) is 0.582. The normalized spacial score (nSPS) is 11.8. The average Bonchev–Trinajstić information content (AvgIpc) is 2.27. The smallest absolute Gasteiger partial charge is 0.0444 e. The minimum Gasteiger partial charge on any atom is -0.261 e. The van der Waals surface area contributed by atoms with Gasteiger partial charge in [0.15, 0.2) is 0 Å². The van der Waals surface area contributed by atoms with Gasteiger partial charge in [-0.05, 0) is 31.4 Å². The van der Waals surface area contributed by atoms with Crippen LogP contribution in [0.5, 0.6) is 0 Å². The topological polar surface area (TPSA) is 12.9 Å². The Morgan fingerprint density at radius 2 is 2.27 bits per heavy atom. The lowest BCUT2D eigenvalue weighted by molar-refractivity contribution is 1.00. The minimum atomic E-state index is 0.969. The monoisotopic (exact) mass is 267 g/mol. The maximum Gasteiger partial charge on any atom is 0.0444 e. The molecule has 0 fully saturated rings. The third-order valence-corrected chi connectivity index (χ3v) is 2.81. The fraction of sp³-hybridized carbons (Fsp3) is 0.462. The van der Waals surface area contributed by atoms with Gasteiger partial charge >= 0.3 is 0 Å². The molecule has 1 heterocycles. The Morgan fingerprint density at radius 3 is 2.80 bits per heavy atom. The van der Waals surface area contributed by atoms with Gasteiger partial charge < -0.3 is 0 Å². The summed E-state index contributed by atoms with van der Waals surface area (Å²) in [7, 11) is 0. The number of nitrogens with zero attached hydrogens (tertiary/aromatic N) is 1. The van der Waals surface area contributed by atoms with Crippen LogP contribution in [0.15, 0.2) is 30.0 Å². The molecule has 0 saturated heterocycles. The molecule has 0 atom stereocenters. The van der Waals surface area contributed by atoms with Gasteiger partial charge in [-0.1, -0.05) is 40.6 Å². The molecule has 2 heteroatoms. The van der Waals surface area contributed by atoms with Crippen molar-refractivity contribution in [2.24, 2.45) is 0 Å². The first kappa shape index (κ1) is 12.4. The highest BCUT2D eigenvalue weighted by Crippen LogP contribution is 2.08. The zero-order valence-electron chi connectivity index (χ0n) is 9.46. The number of allylic oxidation sites excluding steroid dienone is 2. The van der Waals surface area contributed by atoms with Crippen LogP contribution >= 0.6 is 15.9 Å². The van der Waals surface area contributed by atoms with Crippen LogP contribution in [0, 0.1) is 0 Å². The third-order valence-electron chi connectivity index (χ3n) is 2.36. The summed E-state index contributed by atoms with van der Waals surface area (Å²) in [6.07, 6.45) is 7.37. The Labute approximate surface area is 101 Å². The van der Waals surface area contributed by atoms with Crippen LogP contribution in [0.1, 0.15) is 31.5 Å². The molecule has 0 unspecified atom stereocenters. The minimum absolute atomic E-state index is 0.969. The van der Waals surface area contributed by atoms with Crippen LogP contribution in [0.2, 0.25) is 0 Å². The fourth-order valence-corrected chi connectivity index (χ4v) is 1.66. The summed E-state index contributed by atoms with van der Waals surface area (Å²) in [6, 6.07) is 4.30. The Balaban J connectivity index is 2.57. The highest BCUT2D eigenvalue weighted by atomic mass is 79.9. The predicted octanol–water partition coefficient (Wildman–Crippen LogP) is 3.92. The standard InChI is InChI=1S/C13H18BrN/c1-3-12-6-7-13(15-10-12)9-11(2)5-4-8-14/h5-7,10H,3-4,8-9H2,1-2H3. The number of hydrogen-bond acceptors (Lipinski definition) is 1. The van der Waals surface area contributed by atoms with Crippen molar-refractivity contribution in [3.8, 4) is 0 Å². The third kappa shape index (κ3) is 4.61. The van der Waals surface area contributed by atoms with Gasteiger partial charge in [-0.15, -0.1) is 0 Å². The molecule has 0 spiro atoms. The number of rotatable bonds is 5. The summed E-state index contributed by atoms with van der Waals surface area (Å²) in [5, 5.41) is 1.03. The second-order valence-corrected chi connectivity index (χ2v) is 4.51. The maximum absolute atomic E-state index is 4.45. The molecule has 1 aromatic heterocycles. The molecule has 1 nitrogen and oxygen atoms in total. The first-order chi connectivity index (χ1) is 7.26. The highest BCUT2D eigenvalue weighted by molar-refractivity contribution is 9.09. The first-order valence-corrected chi connectivity index (χ1v) is 6.53. The van der Waals surface area contributed by atoms with E-state index < -0.39 is 0 Å². The number of aryl methyl sites for hydroxylation is 1. The number of hydrogen-bond donors (Lipinski definition) is 0. The van der Waals surface area contributed by atoms with Crippen LogP contribution < -0.4 is 0 Å². The molecule has 0 N–H and O–H groups in total. The van der Waals surface area contributed by atoms with E-state index in [0.29, 0.717) is 0 Å². The second kappa shape index (κ2) is 6.78. The van der Waals surface area contributed by atoms with Crippen molar-refractivity contribution in [1.29, 1.82) is 0 Å². The molecule has 0 aliphatic rings. The van der Waals surface area contributed by atoms with Crippen LogP contribution in [0.3, 0.4) is 0 Å². The Hall–Kier alpha value is -0.630.